The van der Waals surface area contributed by atoms with Crippen LogP contribution < -0.4 is 10.1 Å². The Morgan fingerprint density at radius 2 is 2.37 bits per heavy atom. The molecule has 1 aliphatic heterocycles. The average molecular weight is 284 g/mol. The molecule has 0 aromatic heterocycles. The molecular weight excluding hydrogens is 266 g/mol. The fraction of sp³-hybridized carbons (Fsp3) is 0.500. The molecule has 1 saturated heterocycles. The Morgan fingerprint density at radius 1 is 1.58 bits per heavy atom. The third-order valence-electron chi connectivity index (χ3n) is 3.29. The van der Waals surface area contributed by atoms with Crippen molar-refractivity contribution >= 4 is 17.5 Å². The van der Waals surface area contributed by atoms with E-state index >= 15 is 0 Å². The van der Waals surface area contributed by atoms with Crippen LogP contribution in [0.25, 0.3) is 0 Å². The molecule has 2 rings (SSSR count). The number of hydrogen-bond donors (Lipinski definition) is 1. The lowest BCUT2D eigenvalue weighted by Gasteiger charge is -2.20. The second kappa shape index (κ2) is 6.26. The van der Waals surface area contributed by atoms with Crippen molar-refractivity contribution in [1.82, 2.24) is 5.32 Å². The number of carbonyl (C=O) groups excluding carboxylic acids is 1. The molecule has 1 aromatic rings. The number of rotatable bonds is 4. The van der Waals surface area contributed by atoms with Crippen molar-refractivity contribution in [3.8, 4) is 5.75 Å². The van der Waals surface area contributed by atoms with E-state index in [0.29, 0.717) is 16.3 Å². The van der Waals surface area contributed by atoms with Crippen molar-refractivity contribution in [2.75, 3.05) is 13.7 Å². The zero-order chi connectivity index (χ0) is 13.8. The standard InChI is InChI=1S/C14H18ClNO3/c1-9(12-4-3-7-19-12)16-14(17)11-8-10(15)5-6-13(11)18-2/h5-6,8-9,12H,3-4,7H2,1-2H3,(H,16,17)/t9-,12+/m1/s1. The molecule has 0 bridgehead atoms. The molecular formula is C14H18ClNO3. The summed E-state index contributed by atoms with van der Waals surface area (Å²) < 4.78 is 10.7. The summed E-state index contributed by atoms with van der Waals surface area (Å²) in [4.78, 5) is 12.2. The fourth-order valence-corrected chi connectivity index (χ4v) is 2.40. The predicted octanol–water partition coefficient (Wildman–Crippen LogP) is 2.65. The summed E-state index contributed by atoms with van der Waals surface area (Å²) in [6.07, 6.45) is 2.12. The molecule has 1 amide bonds. The number of halogens is 1. The topological polar surface area (TPSA) is 47.6 Å². The Hall–Kier alpha value is -1.26. The molecule has 104 valence electrons. The van der Waals surface area contributed by atoms with Gasteiger partial charge in [0.15, 0.2) is 0 Å². The van der Waals surface area contributed by atoms with Gasteiger partial charge in [0.25, 0.3) is 5.91 Å². The molecule has 0 saturated carbocycles. The Bertz CT molecular complexity index is 458. The van der Waals surface area contributed by atoms with Gasteiger partial charge >= 0.3 is 0 Å². The van der Waals surface area contributed by atoms with Gasteiger partial charge in [0.2, 0.25) is 0 Å². The van der Waals surface area contributed by atoms with Crippen molar-refractivity contribution in [2.24, 2.45) is 0 Å². The first kappa shape index (κ1) is 14.2. The van der Waals surface area contributed by atoms with Crippen LogP contribution in [-0.4, -0.2) is 31.8 Å². The minimum atomic E-state index is -0.192. The van der Waals surface area contributed by atoms with Gasteiger partial charge in [-0.25, -0.2) is 0 Å². The van der Waals surface area contributed by atoms with Crippen LogP contribution >= 0.6 is 11.6 Å². The molecule has 0 aliphatic carbocycles. The van der Waals surface area contributed by atoms with Crippen LogP contribution in [0.3, 0.4) is 0 Å². The molecule has 1 aliphatic rings. The lowest BCUT2D eigenvalue weighted by atomic mass is 10.1. The van der Waals surface area contributed by atoms with E-state index in [-0.39, 0.29) is 18.1 Å². The van der Waals surface area contributed by atoms with Gasteiger partial charge in [0.1, 0.15) is 5.75 Å². The number of amides is 1. The van der Waals surface area contributed by atoms with Gasteiger partial charge in [0, 0.05) is 11.6 Å². The van der Waals surface area contributed by atoms with Gasteiger partial charge < -0.3 is 14.8 Å². The third-order valence-corrected chi connectivity index (χ3v) is 3.52. The molecule has 1 heterocycles. The lowest BCUT2D eigenvalue weighted by molar-refractivity contribution is 0.0710. The van der Waals surface area contributed by atoms with Crippen LogP contribution in [0.2, 0.25) is 5.02 Å². The Morgan fingerprint density at radius 3 is 3.00 bits per heavy atom. The Labute approximate surface area is 118 Å². The van der Waals surface area contributed by atoms with Gasteiger partial charge in [-0.2, -0.15) is 0 Å². The predicted molar refractivity (Wildman–Crippen MR) is 73.9 cm³/mol. The molecule has 1 aromatic carbocycles. The maximum Gasteiger partial charge on any atom is 0.255 e. The maximum absolute atomic E-state index is 12.2. The summed E-state index contributed by atoms with van der Waals surface area (Å²) in [5, 5.41) is 3.45. The number of carbonyl (C=O) groups is 1. The van der Waals surface area contributed by atoms with Gasteiger partial charge in [-0.3, -0.25) is 4.79 Å². The molecule has 1 fully saturated rings. The van der Waals surface area contributed by atoms with E-state index in [2.05, 4.69) is 5.32 Å². The molecule has 5 heteroatoms. The van der Waals surface area contributed by atoms with Gasteiger partial charge in [-0.1, -0.05) is 11.6 Å². The molecule has 4 nitrogen and oxygen atoms in total. The van der Waals surface area contributed by atoms with Crippen molar-refractivity contribution < 1.29 is 14.3 Å². The largest absolute Gasteiger partial charge is 0.496 e. The van der Waals surface area contributed by atoms with E-state index in [1.54, 1.807) is 18.2 Å². The molecule has 19 heavy (non-hydrogen) atoms. The van der Waals surface area contributed by atoms with Crippen molar-refractivity contribution in [2.45, 2.75) is 31.9 Å². The number of ether oxygens (including phenoxy) is 2. The van der Waals surface area contributed by atoms with Gasteiger partial charge in [-0.05, 0) is 38.0 Å². The second-order valence-electron chi connectivity index (χ2n) is 4.66. The second-order valence-corrected chi connectivity index (χ2v) is 5.09. The highest BCUT2D eigenvalue weighted by Gasteiger charge is 2.25. The van der Waals surface area contributed by atoms with Crippen LogP contribution in [0.4, 0.5) is 0 Å². The van der Waals surface area contributed by atoms with E-state index in [0.717, 1.165) is 19.4 Å². The highest BCUT2D eigenvalue weighted by atomic mass is 35.5. The number of benzene rings is 1. The van der Waals surface area contributed by atoms with Gasteiger partial charge in [-0.15, -0.1) is 0 Å². The molecule has 1 N–H and O–H groups in total. The summed E-state index contributed by atoms with van der Waals surface area (Å²) in [6.45, 7) is 2.72. The first-order chi connectivity index (χ1) is 9.11. The van der Waals surface area contributed by atoms with Crippen LogP contribution in [0, 0.1) is 0 Å². The van der Waals surface area contributed by atoms with Crippen LogP contribution in [0.5, 0.6) is 5.75 Å². The molecule has 0 unspecified atom stereocenters. The summed E-state index contributed by atoms with van der Waals surface area (Å²) >= 11 is 5.92. The SMILES string of the molecule is COc1ccc(Cl)cc1C(=O)N[C@H](C)[C@@H]1CCCO1. The van der Waals surface area contributed by atoms with Crippen molar-refractivity contribution in [3.63, 3.8) is 0 Å². The molecule has 0 radical (unpaired) electrons. The summed E-state index contributed by atoms with van der Waals surface area (Å²) in [5.41, 5.74) is 0.444. The van der Waals surface area contributed by atoms with E-state index in [1.165, 1.54) is 7.11 Å². The maximum atomic E-state index is 12.2. The van der Waals surface area contributed by atoms with Crippen LogP contribution in [0.1, 0.15) is 30.1 Å². The monoisotopic (exact) mass is 283 g/mol. The summed E-state index contributed by atoms with van der Waals surface area (Å²) in [6, 6.07) is 4.96. The summed E-state index contributed by atoms with van der Waals surface area (Å²) in [7, 11) is 1.53. The highest BCUT2D eigenvalue weighted by molar-refractivity contribution is 6.31. The molecule has 2 atom stereocenters. The van der Waals surface area contributed by atoms with Crippen molar-refractivity contribution in [1.29, 1.82) is 0 Å². The van der Waals surface area contributed by atoms with E-state index < -0.39 is 0 Å². The number of hydrogen-bond acceptors (Lipinski definition) is 3. The Kier molecular flexibility index (Phi) is 4.66. The van der Waals surface area contributed by atoms with Crippen LogP contribution in [0.15, 0.2) is 18.2 Å². The zero-order valence-corrected chi connectivity index (χ0v) is 11.9. The first-order valence-electron chi connectivity index (χ1n) is 6.38. The van der Waals surface area contributed by atoms with E-state index in [9.17, 15) is 4.79 Å². The zero-order valence-electron chi connectivity index (χ0n) is 11.1. The highest BCUT2D eigenvalue weighted by Crippen LogP contribution is 2.23. The Balaban J connectivity index is 2.08. The normalized spacial score (nSPS) is 20.1. The minimum Gasteiger partial charge on any atom is -0.496 e. The quantitative estimate of drug-likeness (QED) is 0.924. The molecule has 0 spiro atoms. The summed E-state index contributed by atoms with van der Waals surface area (Å²) in [5.74, 6) is 0.323. The fourth-order valence-electron chi connectivity index (χ4n) is 2.23. The van der Waals surface area contributed by atoms with Crippen LogP contribution in [-0.2, 0) is 4.74 Å². The average Bonchev–Trinajstić information content (AvgIpc) is 2.92. The first-order valence-corrected chi connectivity index (χ1v) is 6.75. The van der Waals surface area contributed by atoms with E-state index in [4.69, 9.17) is 21.1 Å². The van der Waals surface area contributed by atoms with Crippen molar-refractivity contribution in [3.05, 3.63) is 28.8 Å². The number of methoxy groups -OCH3 is 1. The third kappa shape index (κ3) is 3.39. The number of nitrogens with one attached hydrogen (secondary N) is 1. The minimum absolute atomic E-state index is 0.0290. The lowest BCUT2D eigenvalue weighted by Crippen LogP contribution is -2.40. The van der Waals surface area contributed by atoms with E-state index in [1.807, 2.05) is 6.92 Å². The smallest absolute Gasteiger partial charge is 0.255 e. The van der Waals surface area contributed by atoms with Gasteiger partial charge in [0.05, 0.1) is 24.8 Å².